The predicted octanol–water partition coefficient (Wildman–Crippen LogP) is 3.65. The molecule has 106 valence electrons. The molecule has 0 spiro atoms. The maximum atomic E-state index is 6.10. The molecule has 1 N–H and O–H groups in total. The van der Waals surface area contributed by atoms with Crippen LogP contribution in [0.5, 0.6) is 17.4 Å². The molecule has 1 heterocycles. The molecule has 0 bridgehead atoms. The number of pyridine rings is 1. The number of methoxy groups -OCH3 is 1. The first kappa shape index (κ1) is 14.6. The topological polar surface area (TPSA) is 43.4 Å². The highest BCUT2D eigenvalue weighted by Gasteiger charge is 2.05. The third-order valence-corrected chi connectivity index (χ3v) is 3.06. The number of ether oxygens (including phenoxy) is 2. The van der Waals surface area contributed by atoms with E-state index >= 15 is 0 Å². The van der Waals surface area contributed by atoms with E-state index in [2.05, 4.69) is 10.3 Å². The number of nitrogens with one attached hydrogen (secondary N) is 1. The summed E-state index contributed by atoms with van der Waals surface area (Å²) in [6.45, 7) is 3.52. The van der Waals surface area contributed by atoms with Crippen LogP contribution in [-0.2, 0) is 6.54 Å². The summed E-state index contributed by atoms with van der Waals surface area (Å²) in [4.78, 5) is 4.40. The van der Waals surface area contributed by atoms with E-state index in [9.17, 15) is 0 Å². The van der Waals surface area contributed by atoms with E-state index in [1.807, 2.05) is 31.2 Å². The van der Waals surface area contributed by atoms with Gasteiger partial charge in [-0.3, -0.25) is 0 Å². The highest BCUT2D eigenvalue weighted by Crippen LogP contribution is 2.24. The minimum absolute atomic E-state index is 0.521. The van der Waals surface area contributed by atoms with Crippen LogP contribution in [0.4, 0.5) is 0 Å². The fourth-order valence-electron chi connectivity index (χ4n) is 1.65. The number of hydrogen-bond donors (Lipinski definition) is 1. The quantitative estimate of drug-likeness (QED) is 0.882. The van der Waals surface area contributed by atoms with Crippen LogP contribution < -0.4 is 14.8 Å². The normalized spacial score (nSPS) is 10.3. The van der Waals surface area contributed by atoms with Crippen LogP contribution in [0.25, 0.3) is 0 Å². The Morgan fingerprint density at radius 3 is 2.45 bits per heavy atom. The van der Waals surface area contributed by atoms with Crippen molar-refractivity contribution in [1.82, 2.24) is 10.3 Å². The highest BCUT2D eigenvalue weighted by molar-refractivity contribution is 6.31. The van der Waals surface area contributed by atoms with Crippen LogP contribution in [0.3, 0.4) is 0 Å². The zero-order valence-electron chi connectivity index (χ0n) is 11.5. The second-order valence-electron chi connectivity index (χ2n) is 4.14. The number of halogens is 1. The fourth-order valence-corrected chi connectivity index (χ4v) is 1.83. The molecular formula is C15H17ClN2O2. The van der Waals surface area contributed by atoms with Crippen LogP contribution in [-0.4, -0.2) is 18.6 Å². The molecule has 0 aliphatic heterocycles. The standard InChI is InChI=1S/C15H17ClN2O2/c1-3-17-10-14-13(16)8-9-15(18-14)20-12-6-4-11(19-2)5-7-12/h4-9,17H,3,10H2,1-2H3. The molecule has 4 nitrogen and oxygen atoms in total. The molecule has 1 aromatic carbocycles. The first-order valence-electron chi connectivity index (χ1n) is 6.41. The minimum Gasteiger partial charge on any atom is -0.497 e. The molecule has 2 aromatic rings. The number of rotatable bonds is 6. The number of aromatic nitrogens is 1. The average molecular weight is 293 g/mol. The number of benzene rings is 1. The third-order valence-electron chi connectivity index (χ3n) is 2.72. The van der Waals surface area contributed by atoms with Gasteiger partial charge in [0, 0.05) is 12.6 Å². The maximum Gasteiger partial charge on any atom is 0.219 e. The van der Waals surface area contributed by atoms with Gasteiger partial charge in [0.1, 0.15) is 11.5 Å². The van der Waals surface area contributed by atoms with Gasteiger partial charge < -0.3 is 14.8 Å². The second kappa shape index (κ2) is 7.12. The molecule has 0 radical (unpaired) electrons. The summed E-state index contributed by atoms with van der Waals surface area (Å²) in [5.41, 5.74) is 0.777. The second-order valence-corrected chi connectivity index (χ2v) is 4.54. The summed E-state index contributed by atoms with van der Waals surface area (Å²) in [5, 5.41) is 3.82. The zero-order valence-corrected chi connectivity index (χ0v) is 12.3. The van der Waals surface area contributed by atoms with Gasteiger partial charge >= 0.3 is 0 Å². The van der Waals surface area contributed by atoms with E-state index in [1.165, 1.54) is 0 Å². The lowest BCUT2D eigenvalue weighted by atomic mass is 10.3. The van der Waals surface area contributed by atoms with Gasteiger partial charge in [0.25, 0.3) is 0 Å². The Kier molecular flexibility index (Phi) is 5.21. The van der Waals surface area contributed by atoms with E-state index in [1.54, 1.807) is 19.2 Å². The Labute approximate surface area is 123 Å². The molecule has 0 amide bonds. The smallest absolute Gasteiger partial charge is 0.219 e. The summed E-state index contributed by atoms with van der Waals surface area (Å²) >= 11 is 6.10. The largest absolute Gasteiger partial charge is 0.497 e. The highest BCUT2D eigenvalue weighted by atomic mass is 35.5. The van der Waals surface area contributed by atoms with Gasteiger partial charge in [-0.25, -0.2) is 4.98 Å². The molecule has 0 saturated heterocycles. The van der Waals surface area contributed by atoms with Gasteiger partial charge in [-0.05, 0) is 36.9 Å². The van der Waals surface area contributed by atoms with Crippen LogP contribution >= 0.6 is 11.6 Å². The molecule has 1 aromatic heterocycles. The first-order chi connectivity index (χ1) is 9.72. The Bertz CT molecular complexity index is 558. The van der Waals surface area contributed by atoms with Crippen molar-refractivity contribution >= 4 is 11.6 Å². The summed E-state index contributed by atoms with van der Waals surface area (Å²) in [6, 6.07) is 10.9. The van der Waals surface area contributed by atoms with Crippen molar-refractivity contribution in [3.05, 3.63) is 47.1 Å². The van der Waals surface area contributed by atoms with E-state index in [0.717, 1.165) is 18.0 Å². The minimum atomic E-state index is 0.521. The molecule has 2 rings (SSSR count). The van der Waals surface area contributed by atoms with Crippen molar-refractivity contribution in [3.8, 4) is 17.4 Å². The zero-order chi connectivity index (χ0) is 14.4. The van der Waals surface area contributed by atoms with Gasteiger partial charge in [-0.2, -0.15) is 0 Å². The lowest BCUT2D eigenvalue weighted by Gasteiger charge is -2.09. The summed E-state index contributed by atoms with van der Waals surface area (Å²) in [5.74, 6) is 2.01. The van der Waals surface area contributed by atoms with E-state index in [0.29, 0.717) is 23.2 Å². The van der Waals surface area contributed by atoms with Crippen LogP contribution in [0.15, 0.2) is 36.4 Å². The van der Waals surface area contributed by atoms with E-state index in [-0.39, 0.29) is 0 Å². The molecular weight excluding hydrogens is 276 g/mol. The van der Waals surface area contributed by atoms with Crippen molar-refractivity contribution in [2.24, 2.45) is 0 Å². The van der Waals surface area contributed by atoms with Gasteiger partial charge in [-0.1, -0.05) is 18.5 Å². The third kappa shape index (κ3) is 3.85. The van der Waals surface area contributed by atoms with Gasteiger partial charge in [0.05, 0.1) is 17.8 Å². The van der Waals surface area contributed by atoms with E-state index < -0.39 is 0 Å². The molecule has 0 aliphatic rings. The fraction of sp³-hybridized carbons (Fsp3) is 0.267. The van der Waals surface area contributed by atoms with Crippen LogP contribution in [0, 0.1) is 0 Å². The summed E-state index contributed by atoms with van der Waals surface area (Å²) in [7, 11) is 1.63. The molecule has 0 unspecified atom stereocenters. The molecule has 0 atom stereocenters. The molecule has 20 heavy (non-hydrogen) atoms. The Hall–Kier alpha value is -1.78. The maximum absolute atomic E-state index is 6.10. The Morgan fingerprint density at radius 1 is 1.10 bits per heavy atom. The SMILES string of the molecule is CCNCc1nc(Oc2ccc(OC)cc2)ccc1Cl. The lowest BCUT2D eigenvalue weighted by molar-refractivity contribution is 0.412. The lowest BCUT2D eigenvalue weighted by Crippen LogP contribution is -2.13. The van der Waals surface area contributed by atoms with Crippen LogP contribution in [0.1, 0.15) is 12.6 Å². The molecule has 0 saturated carbocycles. The monoisotopic (exact) mass is 292 g/mol. The van der Waals surface area contributed by atoms with Gasteiger partial charge in [-0.15, -0.1) is 0 Å². The average Bonchev–Trinajstić information content (AvgIpc) is 2.48. The number of hydrogen-bond acceptors (Lipinski definition) is 4. The van der Waals surface area contributed by atoms with Crippen molar-refractivity contribution < 1.29 is 9.47 Å². The summed E-state index contributed by atoms with van der Waals surface area (Å²) in [6.07, 6.45) is 0. The Balaban J connectivity index is 2.11. The molecule has 5 heteroatoms. The van der Waals surface area contributed by atoms with E-state index in [4.69, 9.17) is 21.1 Å². The van der Waals surface area contributed by atoms with Gasteiger partial charge in [0.2, 0.25) is 5.88 Å². The summed E-state index contributed by atoms with van der Waals surface area (Å²) < 4.78 is 10.8. The molecule has 0 fully saturated rings. The van der Waals surface area contributed by atoms with Crippen molar-refractivity contribution in [1.29, 1.82) is 0 Å². The van der Waals surface area contributed by atoms with Crippen molar-refractivity contribution in [2.75, 3.05) is 13.7 Å². The van der Waals surface area contributed by atoms with Crippen molar-refractivity contribution in [2.45, 2.75) is 13.5 Å². The Morgan fingerprint density at radius 2 is 1.80 bits per heavy atom. The number of nitrogens with zero attached hydrogens (tertiary/aromatic N) is 1. The van der Waals surface area contributed by atoms with Crippen molar-refractivity contribution in [3.63, 3.8) is 0 Å². The predicted molar refractivity (Wildman–Crippen MR) is 79.7 cm³/mol. The van der Waals surface area contributed by atoms with Gasteiger partial charge in [0.15, 0.2) is 0 Å². The molecule has 0 aliphatic carbocycles. The van der Waals surface area contributed by atoms with Crippen LogP contribution in [0.2, 0.25) is 5.02 Å². The first-order valence-corrected chi connectivity index (χ1v) is 6.78.